The maximum absolute atomic E-state index is 14.0. The Bertz CT molecular complexity index is 1160. The minimum atomic E-state index is -0.836. The van der Waals surface area contributed by atoms with Gasteiger partial charge in [0.05, 0.1) is 0 Å². The summed E-state index contributed by atoms with van der Waals surface area (Å²) in [4.78, 5) is 12.5. The number of rotatable bonds is 8. The van der Waals surface area contributed by atoms with Gasteiger partial charge in [-0.25, -0.2) is 4.98 Å². The summed E-state index contributed by atoms with van der Waals surface area (Å²) in [5.74, 6) is 3.50. The number of nitrogens with two attached hydrogens (primary N) is 1. The number of nitrogens with one attached hydrogen (secondary N) is 1. The fourth-order valence-corrected chi connectivity index (χ4v) is 4.56. The van der Waals surface area contributed by atoms with E-state index in [-0.39, 0.29) is 5.82 Å². The molecule has 2 aliphatic rings. The quantitative estimate of drug-likeness (QED) is 0.397. The molecule has 0 spiro atoms. The number of nitrogen functional groups attached to an aromatic ring is 1. The minimum absolute atomic E-state index is 0.0639. The molecule has 3 aromatic rings. The highest BCUT2D eigenvalue weighted by Crippen LogP contribution is 2.43. The highest BCUT2D eigenvalue weighted by atomic mass is 19.1. The topological polar surface area (TPSA) is 100 Å². The molecule has 0 unspecified atom stereocenters. The zero-order valence-electron chi connectivity index (χ0n) is 19.2. The van der Waals surface area contributed by atoms with E-state index in [0.717, 1.165) is 36.0 Å². The van der Waals surface area contributed by atoms with E-state index in [4.69, 9.17) is 20.2 Å². The third-order valence-electron chi connectivity index (χ3n) is 6.44. The van der Waals surface area contributed by atoms with Gasteiger partial charge in [-0.15, -0.1) is 0 Å². The minimum Gasteiger partial charge on any atom is -0.486 e. The van der Waals surface area contributed by atoms with E-state index in [1.54, 1.807) is 0 Å². The van der Waals surface area contributed by atoms with Crippen molar-refractivity contribution in [2.45, 2.75) is 52.0 Å². The lowest BCUT2D eigenvalue weighted by atomic mass is 9.77. The van der Waals surface area contributed by atoms with Crippen LogP contribution < -0.4 is 20.5 Å². The van der Waals surface area contributed by atoms with Gasteiger partial charge in [0.25, 0.3) is 0 Å². The van der Waals surface area contributed by atoms with Crippen LogP contribution in [0.25, 0.3) is 11.2 Å². The molecule has 8 nitrogen and oxygen atoms in total. The number of anilines is 1. The zero-order chi connectivity index (χ0) is 22.9. The van der Waals surface area contributed by atoms with Crippen LogP contribution in [0.2, 0.25) is 0 Å². The Morgan fingerprint density at radius 2 is 1.91 bits per heavy atom. The molecule has 0 saturated heterocycles. The third-order valence-corrected chi connectivity index (χ3v) is 6.44. The van der Waals surface area contributed by atoms with E-state index in [2.05, 4.69) is 41.3 Å². The molecule has 176 valence electrons. The molecule has 0 atom stereocenters. The van der Waals surface area contributed by atoms with Crippen LogP contribution in [0.5, 0.6) is 11.5 Å². The first-order chi connectivity index (χ1) is 16.0. The largest absolute Gasteiger partial charge is 0.486 e. The molecule has 1 fully saturated rings. The Balaban J connectivity index is 1.53. The Labute approximate surface area is 192 Å². The van der Waals surface area contributed by atoms with Crippen LogP contribution in [0.4, 0.5) is 10.2 Å². The standard InChI is InChI=1S/C24H31FN6O2/c1-14(2)13-27-6-7-31-20(28-21-22(26)29-24(25)30-23(21)31)11-16-10-18-19(33-9-8-32-18)12-17(16)15-4-3-5-15/h10,12,14-15,27H,3-9,11,13H2,1-2H3,(H2,26,29,30). The van der Waals surface area contributed by atoms with Gasteiger partial charge in [0.15, 0.2) is 28.5 Å². The number of benzene rings is 1. The van der Waals surface area contributed by atoms with Gasteiger partial charge in [-0.05, 0) is 54.5 Å². The lowest BCUT2D eigenvalue weighted by Gasteiger charge is -2.30. The van der Waals surface area contributed by atoms with Crippen molar-refractivity contribution < 1.29 is 13.9 Å². The molecular formula is C24H31FN6O2. The third kappa shape index (κ3) is 4.46. The lowest BCUT2D eigenvalue weighted by molar-refractivity contribution is 0.171. The van der Waals surface area contributed by atoms with Gasteiger partial charge in [0.1, 0.15) is 19.0 Å². The van der Waals surface area contributed by atoms with E-state index < -0.39 is 6.08 Å². The summed E-state index contributed by atoms with van der Waals surface area (Å²) in [6, 6.07) is 4.22. The molecule has 3 heterocycles. The number of fused-ring (bicyclic) bond motifs is 2. The highest BCUT2D eigenvalue weighted by molar-refractivity contribution is 5.82. The monoisotopic (exact) mass is 454 g/mol. The zero-order valence-corrected chi connectivity index (χ0v) is 19.2. The predicted octanol–water partition coefficient (Wildman–Crippen LogP) is 3.42. The normalized spacial score (nSPS) is 15.9. The fourth-order valence-electron chi connectivity index (χ4n) is 4.56. The van der Waals surface area contributed by atoms with E-state index in [1.165, 1.54) is 24.8 Å². The molecular weight excluding hydrogens is 423 g/mol. The summed E-state index contributed by atoms with van der Waals surface area (Å²) in [6.45, 7) is 7.67. The summed E-state index contributed by atoms with van der Waals surface area (Å²) in [6.07, 6.45) is 3.32. The Morgan fingerprint density at radius 1 is 1.15 bits per heavy atom. The molecule has 9 heteroatoms. The van der Waals surface area contributed by atoms with Crippen molar-refractivity contribution >= 4 is 17.0 Å². The molecule has 5 rings (SSSR count). The number of halogens is 1. The van der Waals surface area contributed by atoms with Crippen LogP contribution >= 0.6 is 0 Å². The van der Waals surface area contributed by atoms with Crippen LogP contribution in [0.1, 0.15) is 56.0 Å². The van der Waals surface area contributed by atoms with Crippen LogP contribution in [-0.2, 0) is 13.0 Å². The summed E-state index contributed by atoms with van der Waals surface area (Å²) in [5.41, 5.74) is 9.32. The smallest absolute Gasteiger partial charge is 0.312 e. The van der Waals surface area contributed by atoms with Crippen LogP contribution in [0.3, 0.4) is 0 Å². The molecule has 2 aromatic heterocycles. The summed E-state index contributed by atoms with van der Waals surface area (Å²) < 4.78 is 27.7. The molecule has 0 radical (unpaired) electrons. The van der Waals surface area contributed by atoms with Crippen LogP contribution in [0, 0.1) is 12.0 Å². The molecule has 1 aromatic carbocycles. The number of aromatic nitrogens is 4. The number of hydrogen-bond donors (Lipinski definition) is 2. The van der Waals surface area contributed by atoms with Gasteiger partial charge >= 0.3 is 6.08 Å². The fraction of sp³-hybridized carbons (Fsp3) is 0.542. The lowest BCUT2D eigenvalue weighted by Crippen LogP contribution is -2.25. The van der Waals surface area contributed by atoms with Gasteiger partial charge in [-0.1, -0.05) is 20.3 Å². The van der Waals surface area contributed by atoms with E-state index in [9.17, 15) is 4.39 Å². The van der Waals surface area contributed by atoms with Crippen molar-refractivity contribution in [3.63, 3.8) is 0 Å². The van der Waals surface area contributed by atoms with E-state index in [0.29, 0.717) is 49.2 Å². The first-order valence-electron chi connectivity index (χ1n) is 11.8. The van der Waals surface area contributed by atoms with Crippen molar-refractivity contribution in [3.8, 4) is 11.5 Å². The first kappa shape index (κ1) is 21.9. The van der Waals surface area contributed by atoms with Gasteiger partial charge in [-0.3, -0.25) is 0 Å². The van der Waals surface area contributed by atoms with Gasteiger partial charge in [-0.2, -0.15) is 14.4 Å². The number of imidazole rings is 1. The van der Waals surface area contributed by atoms with Gasteiger partial charge in [0.2, 0.25) is 0 Å². The highest BCUT2D eigenvalue weighted by Gasteiger charge is 2.27. The molecule has 1 saturated carbocycles. The molecule has 0 amide bonds. The number of hydrogen-bond acceptors (Lipinski definition) is 7. The van der Waals surface area contributed by atoms with E-state index in [1.807, 2.05) is 4.57 Å². The molecule has 1 aliphatic heterocycles. The second-order valence-corrected chi connectivity index (χ2v) is 9.33. The van der Waals surface area contributed by atoms with Gasteiger partial charge in [0, 0.05) is 19.5 Å². The van der Waals surface area contributed by atoms with Crippen molar-refractivity contribution in [2.75, 3.05) is 32.0 Å². The molecule has 3 N–H and O–H groups in total. The maximum Gasteiger partial charge on any atom is 0.312 e. The SMILES string of the molecule is CC(C)CNCCn1c(Cc2cc3c(cc2C2CCC2)OCCO3)nc2c(N)nc(F)nc21. The van der Waals surface area contributed by atoms with Crippen molar-refractivity contribution in [1.82, 2.24) is 24.8 Å². The van der Waals surface area contributed by atoms with Gasteiger partial charge < -0.3 is 25.1 Å². The average Bonchev–Trinajstić information content (AvgIpc) is 3.07. The summed E-state index contributed by atoms with van der Waals surface area (Å²) in [5, 5.41) is 3.44. The first-order valence-corrected chi connectivity index (χ1v) is 11.8. The Morgan fingerprint density at radius 3 is 2.61 bits per heavy atom. The number of ether oxygens (including phenoxy) is 2. The van der Waals surface area contributed by atoms with Crippen LogP contribution in [0.15, 0.2) is 12.1 Å². The molecule has 1 aliphatic carbocycles. The van der Waals surface area contributed by atoms with Crippen molar-refractivity contribution in [2.24, 2.45) is 5.92 Å². The average molecular weight is 455 g/mol. The van der Waals surface area contributed by atoms with Crippen molar-refractivity contribution in [1.29, 1.82) is 0 Å². The maximum atomic E-state index is 14.0. The predicted molar refractivity (Wildman–Crippen MR) is 124 cm³/mol. The van der Waals surface area contributed by atoms with Crippen molar-refractivity contribution in [3.05, 3.63) is 35.2 Å². The Kier molecular flexibility index (Phi) is 6.05. The Hall–Kier alpha value is -2.94. The number of nitrogens with zero attached hydrogens (tertiary/aromatic N) is 4. The molecule has 33 heavy (non-hydrogen) atoms. The van der Waals surface area contributed by atoms with E-state index >= 15 is 0 Å². The second-order valence-electron chi connectivity index (χ2n) is 9.33. The summed E-state index contributed by atoms with van der Waals surface area (Å²) in [7, 11) is 0. The molecule has 0 bridgehead atoms. The summed E-state index contributed by atoms with van der Waals surface area (Å²) >= 11 is 0. The second kappa shape index (κ2) is 9.13. The van der Waals surface area contributed by atoms with Crippen LogP contribution in [-0.4, -0.2) is 45.8 Å².